The van der Waals surface area contributed by atoms with Gasteiger partial charge in [0.25, 0.3) is 5.56 Å². The molecule has 26 heavy (non-hydrogen) atoms. The highest BCUT2D eigenvalue weighted by atomic mass is 16.1. The van der Waals surface area contributed by atoms with Gasteiger partial charge < -0.3 is 9.47 Å². The van der Waals surface area contributed by atoms with Crippen LogP contribution in [0.4, 0.5) is 0 Å². The van der Waals surface area contributed by atoms with E-state index in [0.717, 1.165) is 43.7 Å². The van der Waals surface area contributed by atoms with Gasteiger partial charge in [-0.15, -0.1) is 0 Å². The molecule has 5 nitrogen and oxygen atoms in total. The fourth-order valence-electron chi connectivity index (χ4n) is 4.54. The van der Waals surface area contributed by atoms with Crippen LogP contribution in [0.1, 0.15) is 44.4 Å². The molecule has 2 aromatic heterocycles. The van der Waals surface area contributed by atoms with Crippen LogP contribution in [-0.4, -0.2) is 39.1 Å². The monoisotopic (exact) mass is 352 g/mol. The lowest BCUT2D eigenvalue weighted by Crippen LogP contribution is -2.48. The first-order valence-electron chi connectivity index (χ1n) is 9.82. The number of aryl methyl sites for hydroxylation is 1. The second kappa shape index (κ2) is 6.95. The Hall–Kier alpha value is -2.01. The summed E-state index contributed by atoms with van der Waals surface area (Å²) in [7, 11) is 0. The standard InChI is InChI=1S/C21H28N4O/c1-4-15-8-22-21(23-9-15)17-6-19-18-5-16(12-25(19)20(26)7-17)11-24(13-18)10-14(2)3/h6-9,14,16,18H,4-5,10-13H2,1-3H3/t16-,18+/m0/s1. The molecule has 0 radical (unpaired) electrons. The van der Waals surface area contributed by atoms with Crippen molar-refractivity contribution in [1.29, 1.82) is 0 Å². The van der Waals surface area contributed by atoms with Crippen molar-refractivity contribution in [3.8, 4) is 11.4 Å². The fraction of sp³-hybridized carbons (Fsp3) is 0.571. The first-order valence-corrected chi connectivity index (χ1v) is 9.82. The zero-order chi connectivity index (χ0) is 18.3. The molecular weight excluding hydrogens is 324 g/mol. The van der Waals surface area contributed by atoms with E-state index in [4.69, 9.17) is 0 Å². The van der Waals surface area contributed by atoms with E-state index < -0.39 is 0 Å². The Kier molecular flexibility index (Phi) is 4.65. The van der Waals surface area contributed by atoms with Crippen LogP contribution < -0.4 is 5.56 Å². The van der Waals surface area contributed by atoms with Crippen molar-refractivity contribution in [3.63, 3.8) is 0 Å². The predicted molar refractivity (Wildman–Crippen MR) is 103 cm³/mol. The van der Waals surface area contributed by atoms with E-state index in [2.05, 4.69) is 41.7 Å². The average molecular weight is 352 g/mol. The Morgan fingerprint density at radius 3 is 2.62 bits per heavy atom. The molecule has 0 spiro atoms. The third-order valence-electron chi connectivity index (χ3n) is 5.63. The van der Waals surface area contributed by atoms with Gasteiger partial charge in [0.05, 0.1) is 0 Å². The highest BCUT2D eigenvalue weighted by Gasteiger charge is 2.35. The van der Waals surface area contributed by atoms with Crippen molar-refractivity contribution < 1.29 is 0 Å². The van der Waals surface area contributed by atoms with Gasteiger partial charge in [0, 0.05) is 61.8 Å². The number of fused-ring (bicyclic) bond motifs is 4. The van der Waals surface area contributed by atoms with Crippen molar-refractivity contribution in [2.75, 3.05) is 19.6 Å². The number of hydrogen-bond donors (Lipinski definition) is 0. The summed E-state index contributed by atoms with van der Waals surface area (Å²) in [4.78, 5) is 24.3. The van der Waals surface area contributed by atoms with Gasteiger partial charge in [0.15, 0.2) is 5.82 Å². The van der Waals surface area contributed by atoms with Crippen molar-refractivity contribution in [3.05, 3.63) is 46.1 Å². The molecule has 2 bridgehead atoms. The van der Waals surface area contributed by atoms with Gasteiger partial charge >= 0.3 is 0 Å². The second-order valence-electron chi connectivity index (χ2n) is 8.30. The topological polar surface area (TPSA) is 51.0 Å². The molecule has 0 aliphatic carbocycles. The number of pyridine rings is 1. The average Bonchev–Trinajstić information content (AvgIpc) is 2.62. The predicted octanol–water partition coefficient (Wildman–Crippen LogP) is 2.94. The highest BCUT2D eigenvalue weighted by Crippen LogP contribution is 2.36. The highest BCUT2D eigenvalue weighted by molar-refractivity contribution is 5.55. The minimum absolute atomic E-state index is 0.0904. The third kappa shape index (κ3) is 3.32. The Morgan fingerprint density at radius 1 is 1.15 bits per heavy atom. The van der Waals surface area contributed by atoms with Gasteiger partial charge in [0.2, 0.25) is 0 Å². The Labute approximate surface area is 155 Å². The molecular formula is C21H28N4O. The number of nitrogens with zero attached hydrogens (tertiary/aromatic N) is 4. The van der Waals surface area contributed by atoms with Gasteiger partial charge in [0.1, 0.15) is 0 Å². The molecule has 138 valence electrons. The lowest BCUT2D eigenvalue weighted by Gasteiger charge is -2.43. The molecule has 4 rings (SSSR count). The minimum Gasteiger partial charge on any atom is -0.312 e. The number of piperidine rings is 1. The number of likely N-dealkylation sites (tertiary alicyclic amines) is 1. The van der Waals surface area contributed by atoms with E-state index in [9.17, 15) is 4.79 Å². The molecule has 2 aliphatic heterocycles. The summed E-state index contributed by atoms with van der Waals surface area (Å²) in [6.07, 6.45) is 5.83. The summed E-state index contributed by atoms with van der Waals surface area (Å²) < 4.78 is 2.00. The summed E-state index contributed by atoms with van der Waals surface area (Å²) in [5.74, 6) is 2.35. The zero-order valence-electron chi connectivity index (χ0n) is 16.0. The lowest BCUT2D eigenvalue weighted by molar-refractivity contribution is 0.109. The maximum atomic E-state index is 12.8. The first kappa shape index (κ1) is 17.4. The van der Waals surface area contributed by atoms with Gasteiger partial charge in [-0.2, -0.15) is 0 Å². The van der Waals surface area contributed by atoms with Crippen molar-refractivity contribution in [2.45, 2.75) is 46.1 Å². The van der Waals surface area contributed by atoms with Gasteiger partial charge in [-0.25, -0.2) is 9.97 Å². The van der Waals surface area contributed by atoms with E-state index in [1.54, 1.807) is 6.07 Å². The molecule has 1 fully saturated rings. The number of aromatic nitrogens is 3. The number of rotatable bonds is 4. The summed E-state index contributed by atoms with van der Waals surface area (Å²) >= 11 is 0. The molecule has 0 unspecified atom stereocenters. The Balaban J connectivity index is 1.68. The van der Waals surface area contributed by atoms with Gasteiger partial charge in [-0.3, -0.25) is 4.79 Å². The zero-order valence-corrected chi connectivity index (χ0v) is 16.0. The largest absolute Gasteiger partial charge is 0.312 e. The maximum absolute atomic E-state index is 12.8. The van der Waals surface area contributed by atoms with Crippen LogP contribution in [0.25, 0.3) is 11.4 Å². The molecule has 5 heteroatoms. The Bertz CT molecular complexity index is 840. The van der Waals surface area contributed by atoms with Crippen LogP contribution in [-0.2, 0) is 13.0 Å². The van der Waals surface area contributed by atoms with E-state index >= 15 is 0 Å². The Morgan fingerprint density at radius 2 is 1.92 bits per heavy atom. The minimum atomic E-state index is 0.0904. The quantitative estimate of drug-likeness (QED) is 0.849. The SMILES string of the molecule is CCc1cnc(-c2cc3n(c(=O)c2)C[C@H]2C[C@@H]3CN(CC(C)C)C2)nc1. The molecule has 2 atom stereocenters. The van der Waals surface area contributed by atoms with Crippen molar-refractivity contribution in [2.24, 2.45) is 11.8 Å². The van der Waals surface area contributed by atoms with Crippen LogP contribution in [0, 0.1) is 11.8 Å². The molecule has 4 heterocycles. The summed E-state index contributed by atoms with van der Waals surface area (Å²) in [6, 6.07) is 3.86. The molecule has 2 aliphatic rings. The molecule has 1 saturated heterocycles. The molecule has 0 aromatic carbocycles. The molecule has 0 saturated carbocycles. The van der Waals surface area contributed by atoms with Crippen LogP contribution in [0.2, 0.25) is 0 Å². The summed E-state index contributed by atoms with van der Waals surface area (Å²) in [6.45, 7) is 10.8. The van der Waals surface area contributed by atoms with E-state index in [1.807, 2.05) is 17.0 Å². The van der Waals surface area contributed by atoms with Crippen LogP contribution in [0.3, 0.4) is 0 Å². The van der Waals surface area contributed by atoms with Crippen molar-refractivity contribution in [1.82, 2.24) is 19.4 Å². The normalized spacial score (nSPS) is 22.5. The van der Waals surface area contributed by atoms with E-state index in [-0.39, 0.29) is 5.56 Å². The molecule has 0 N–H and O–H groups in total. The second-order valence-corrected chi connectivity index (χ2v) is 8.30. The van der Waals surface area contributed by atoms with E-state index in [0.29, 0.717) is 23.6 Å². The lowest BCUT2D eigenvalue weighted by atomic mass is 9.82. The van der Waals surface area contributed by atoms with Gasteiger partial charge in [-0.05, 0) is 36.3 Å². The molecule has 2 aromatic rings. The van der Waals surface area contributed by atoms with Crippen molar-refractivity contribution >= 4 is 0 Å². The maximum Gasteiger partial charge on any atom is 0.251 e. The fourth-order valence-corrected chi connectivity index (χ4v) is 4.54. The smallest absolute Gasteiger partial charge is 0.251 e. The number of hydrogen-bond acceptors (Lipinski definition) is 4. The first-order chi connectivity index (χ1) is 12.5. The van der Waals surface area contributed by atoms with E-state index in [1.165, 1.54) is 12.1 Å². The van der Waals surface area contributed by atoms with Crippen LogP contribution in [0.5, 0.6) is 0 Å². The third-order valence-corrected chi connectivity index (χ3v) is 5.63. The van der Waals surface area contributed by atoms with Gasteiger partial charge in [-0.1, -0.05) is 20.8 Å². The summed E-state index contributed by atoms with van der Waals surface area (Å²) in [5, 5.41) is 0. The summed E-state index contributed by atoms with van der Waals surface area (Å²) in [5.41, 5.74) is 3.22. The van der Waals surface area contributed by atoms with Crippen LogP contribution in [0.15, 0.2) is 29.3 Å². The molecule has 0 amide bonds. The van der Waals surface area contributed by atoms with Crippen LogP contribution >= 0.6 is 0 Å².